The van der Waals surface area contributed by atoms with E-state index >= 15 is 0 Å². The molecule has 2 aromatic rings. The molecule has 0 saturated carbocycles. The predicted molar refractivity (Wildman–Crippen MR) is 93.2 cm³/mol. The van der Waals surface area contributed by atoms with Crippen molar-refractivity contribution in [3.8, 4) is 5.88 Å². The lowest BCUT2D eigenvalue weighted by Crippen LogP contribution is -2.22. The summed E-state index contributed by atoms with van der Waals surface area (Å²) in [5.74, 6) is 0.731. The molecule has 24 heavy (non-hydrogen) atoms. The number of pyridine rings is 1. The maximum atomic E-state index is 5.51. The lowest BCUT2D eigenvalue weighted by molar-refractivity contribution is 0.301. The van der Waals surface area contributed by atoms with Crippen molar-refractivity contribution in [3.05, 3.63) is 41.6 Å². The molecule has 0 spiro atoms. The van der Waals surface area contributed by atoms with E-state index in [1.807, 2.05) is 19.1 Å². The average Bonchev–Trinajstić information content (AvgIpc) is 3.22. The van der Waals surface area contributed by atoms with Gasteiger partial charge in [-0.3, -0.25) is 4.90 Å². The van der Waals surface area contributed by atoms with Crippen LogP contribution in [0.4, 0.5) is 0 Å². The van der Waals surface area contributed by atoms with E-state index < -0.39 is 0 Å². The number of imidazole rings is 1. The molecule has 1 atom stereocenters. The topological polar surface area (TPSA) is 43.2 Å². The molecule has 1 fully saturated rings. The van der Waals surface area contributed by atoms with Crippen LogP contribution in [0.1, 0.15) is 49.3 Å². The number of likely N-dealkylation sites (tertiary alicyclic amines) is 1. The van der Waals surface area contributed by atoms with Gasteiger partial charge < -0.3 is 9.30 Å². The van der Waals surface area contributed by atoms with Crippen molar-refractivity contribution in [2.75, 3.05) is 19.7 Å². The van der Waals surface area contributed by atoms with E-state index in [1.165, 1.54) is 37.1 Å². The van der Waals surface area contributed by atoms with Gasteiger partial charge in [-0.1, -0.05) is 6.07 Å². The fourth-order valence-electron chi connectivity index (χ4n) is 3.99. The summed E-state index contributed by atoms with van der Waals surface area (Å²) in [6.07, 6.45) is 8.24. The molecular formula is C19H26N4O. The van der Waals surface area contributed by atoms with E-state index in [9.17, 15) is 0 Å². The zero-order chi connectivity index (χ0) is 16.4. The van der Waals surface area contributed by atoms with Crippen LogP contribution in [0.2, 0.25) is 0 Å². The van der Waals surface area contributed by atoms with Crippen LogP contribution in [0.15, 0.2) is 24.5 Å². The highest BCUT2D eigenvalue weighted by atomic mass is 16.5. The minimum atomic E-state index is 0.564. The summed E-state index contributed by atoms with van der Waals surface area (Å²) in [6.45, 7) is 5.76. The Morgan fingerprint density at radius 1 is 1.25 bits per heavy atom. The fourth-order valence-corrected chi connectivity index (χ4v) is 3.99. The third-order valence-electron chi connectivity index (χ3n) is 5.16. The molecule has 0 unspecified atom stereocenters. The number of aromatic nitrogens is 3. The molecule has 0 aromatic carbocycles. The van der Waals surface area contributed by atoms with Gasteiger partial charge in [0.15, 0.2) is 0 Å². The van der Waals surface area contributed by atoms with Crippen LogP contribution >= 0.6 is 0 Å². The summed E-state index contributed by atoms with van der Waals surface area (Å²) in [4.78, 5) is 11.8. The van der Waals surface area contributed by atoms with E-state index in [4.69, 9.17) is 4.74 Å². The lowest BCUT2D eigenvalue weighted by Gasteiger charge is -2.20. The van der Waals surface area contributed by atoms with Gasteiger partial charge in [0.2, 0.25) is 5.88 Å². The summed E-state index contributed by atoms with van der Waals surface area (Å²) in [5.41, 5.74) is 3.92. The Morgan fingerprint density at radius 2 is 2.17 bits per heavy atom. The molecule has 3 heterocycles. The molecule has 2 aromatic heterocycles. The summed E-state index contributed by atoms with van der Waals surface area (Å²) in [7, 11) is 0. The molecule has 0 N–H and O–H groups in total. The number of hydrogen-bond donors (Lipinski definition) is 0. The van der Waals surface area contributed by atoms with E-state index in [0.717, 1.165) is 37.6 Å². The number of nitrogens with zero attached hydrogens (tertiary/aromatic N) is 4. The summed E-state index contributed by atoms with van der Waals surface area (Å²) >= 11 is 0. The predicted octanol–water partition coefficient (Wildman–Crippen LogP) is 3.00. The minimum Gasteiger partial charge on any atom is -0.478 e. The molecular weight excluding hydrogens is 300 g/mol. The first-order valence-corrected chi connectivity index (χ1v) is 9.19. The number of aryl methyl sites for hydroxylation is 1. The van der Waals surface area contributed by atoms with Crippen molar-refractivity contribution in [1.29, 1.82) is 0 Å². The van der Waals surface area contributed by atoms with E-state index in [1.54, 1.807) is 0 Å². The Kier molecular flexibility index (Phi) is 4.52. The maximum Gasteiger partial charge on any atom is 0.213 e. The Labute approximate surface area is 143 Å². The van der Waals surface area contributed by atoms with Crippen LogP contribution in [0.5, 0.6) is 5.88 Å². The van der Waals surface area contributed by atoms with Crippen LogP contribution in [0.3, 0.4) is 0 Å². The highest BCUT2D eigenvalue weighted by Crippen LogP contribution is 2.28. The Hall–Kier alpha value is -1.88. The first-order chi connectivity index (χ1) is 11.8. The number of hydrogen-bond acceptors (Lipinski definition) is 4. The largest absolute Gasteiger partial charge is 0.478 e. The molecule has 128 valence electrons. The van der Waals surface area contributed by atoms with E-state index in [0.29, 0.717) is 12.6 Å². The molecule has 1 aliphatic heterocycles. The van der Waals surface area contributed by atoms with Gasteiger partial charge in [0, 0.05) is 37.4 Å². The monoisotopic (exact) mass is 326 g/mol. The third kappa shape index (κ3) is 3.18. The quantitative estimate of drug-likeness (QED) is 0.847. The standard InChI is InChI=1S/C19H26N4O/c1-2-24-19-9-5-6-15(21-19)12-22-11-10-16(13-22)23-14-20-17-7-3-4-8-18(17)23/h5-6,9,14,16H,2-4,7-8,10-13H2,1H3/t16-/m0/s1. The average molecular weight is 326 g/mol. The first-order valence-electron chi connectivity index (χ1n) is 9.19. The van der Waals surface area contributed by atoms with Gasteiger partial charge in [-0.05, 0) is 45.1 Å². The smallest absolute Gasteiger partial charge is 0.213 e. The zero-order valence-electron chi connectivity index (χ0n) is 14.4. The summed E-state index contributed by atoms with van der Waals surface area (Å²) < 4.78 is 7.97. The van der Waals surface area contributed by atoms with Gasteiger partial charge in [0.25, 0.3) is 0 Å². The van der Waals surface area contributed by atoms with Crippen molar-refractivity contribution in [2.45, 2.75) is 51.6 Å². The van der Waals surface area contributed by atoms with Gasteiger partial charge >= 0.3 is 0 Å². The van der Waals surface area contributed by atoms with Crippen LogP contribution in [-0.2, 0) is 19.4 Å². The van der Waals surface area contributed by atoms with E-state index in [2.05, 4.69) is 31.8 Å². The summed E-state index contributed by atoms with van der Waals surface area (Å²) in [5, 5.41) is 0. The van der Waals surface area contributed by atoms with Crippen LogP contribution < -0.4 is 4.74 Å². The molecule has 4 rings (SSSR count). The molecule has 5 nitrogen and oxygen atoms in total. The SMILES string of the molecule is CCOc1cccc(CN2CC[C@H](n3cnc4c3CCCC4)C2)n1. The number of ether oxygens (including phenoxy) is 1. The second-order valence-corrected chi connectivity index (χ2v) is 6.83. The van der Waals surface area contributed by atoms with Gasteiger partial charge in [0.05, 0.1) is 24.3 Å². The van der Waals surface area contributed by atoms with Crippen molar-refractivity contribution >= 4 is 0 Å². The highest BCUT2D eigenvalue weighted by molar-refractivity contribution is 5.18. The Morgan fingerprint density at radius 3 is 3.08 bits per heavy atom. The lowest BCUT2D eigenvalue weighted by atomic mass is 10.0. The summed E-state index contributed by atoms with van der Waals surface area (Å²) in [6, 6.07) is 6.62. The van der Waals surface area contributed by atoms with Crippen molar-refractivity contribution in [3.63, 3.8) is 0 Å². The third-order valence-corrected chi connectivity index (χ3v) is 5.16. The van der Waals surface area contributed by atoms with Gasteiger partial charge in [-0.15, -0.1) is 0 Å². The number of rotatable bonds is 5. The van der Waals surface area contributed by atoms with Crippen molar-refractivity contribution in [2.24, 2.45) is 0 Å². The highest BCUT2D eigenvalue weighted by Gasteiger charge is 2.27. The maximum absolute atomic E-state index is 5.51. The zero-order valence-corrected chi connectivity index (χ0v) is 14.4. The second kappa shape index (κ2) is 6.93. The molecule has 0 bridgehead atoms. The van der Waals surface area contributed by atoms with Crippen LogP contribution in [0, 0.1) is 0 Å². The van der Waals surface area contributed by atoms with Gasteiger partial charge in [0.1, 0.15) is 0 Å². The normalized spacial score (nSPS) is 21.0. The molecule has 2 aliphatic rings. The fraction of sp³-hybridized carbons (Fsp3) is 0.579. The Bertz CT molecular complexity index is 696. The van der Waals surface area contributed by atoms with Crippen molar-refractivity contribution < 1.29 is 4.74 Å². The minimum absolute atomic E-state index is 0.564. The van der Waals surface area contributed by atoms with Crippen molar-refractivity contribution in [1.82, 2.24) is 19.4 Å². The number of fused-ring (bicyclic) bond motifs is 1. The molecule has 0 radical (unpaired) electrons. The molecule has 0 amide bonds. The van der Waals surface area contributed by atoms with E-state index in [-0.39, 0.29) is 0 Å². The first kappa shape index (κ1) is 15.6. The van der Waals surface area contributed by atoms with Crippen LogP contribution in [-0.4, -0.2) is 39.1 Å². The van der Waals surface area contributed by atoms with Gasteiger partial charge in [-0.2, -0.15) is 0 Å². The Balaban J connectivity index is 1.41. The molecule has 5 heteroatoms. The van der Waals surface area contributed by atoms with Gasteiger partial charge in [-0.25, -0.2) is 9.97 Å². The second-order valence-electron chi connectivity index (χ2n) is 6.83. The molecule has 1 saturated heterocycles. The van der Waals surface area contributed by atoms with Crippen LogP contribution in [0.25, 0.3) is 0 Å². The molecule has 1 aliphatic carbocycles.